The molecule has 0 atom stereocenters. The Morgan fingerprint density at radius 1 is 1.32 bits per heavy atom. The van der Waals surface area contributed by atoms with Gasteiger partial charge >= 0.3 is 6.09 Å². The number of aromatic nitrogens is 2. The van der Waals surface area contributed by atoms with Crippen molar-refractivity contribution in [1.29, 1.82) is 0 Å². The molecule has 19 heavy (non-hydrogen) atoms. The quantitative estimate of drug-likeness (QED) is 0.845. The third-order valence-electron chi connectivity index (χ3n) is 2.84. The number of rotatable bonds is 4. The maximum atomic E-state index is 11.9. The topological polar surface area (TPSA) is 44.1 Å². The molecule has 4 heteroatoms. The van der Waals surface area contributed by atoms with Crippen LogP contribution in [0.15, 0.2) is 42.7 Å². The van der Waals surface area contributed by atoms with Crippen molar-refractivity contribution < 1.29 is 9.53 Å². The molecule has 0 aliphatic heterocycles. The van der Waals surface area contributed by atoms with E-state index in [1.807, 2.05) is 44.2 Å². The minimum Gasteiger partial charge on any atom is -0.449 e. The van der Waals surface area contributed by atoms with Crippen molar-refractivity contribution in [3.05, 3.63) is 54.1 Å². The maximum Gasteiger partial charge on any atom is 0.419 e. The van der Waals surface area contributed by atoms with Crippen LogP contribution in [0.2, 0.25) is 0 Å². The third kappa shape index (κ3) is 3.44. The molecule has 0 spiro atoms. The zero-order chi connectivity index (χ0) is 13.7. The molecule has 0 saturated heterocycles. The smallest absolute Gasteiger partial charge is 0.419 e. The van der Waals surface area contributed by atoms with E-state index in [0.717, 1.165) is 17.8 Å². The van der Waals surface area contributed by atoms with Crippen LogP contribution in [-0.4, -0.2) is 22.3 Å². The molecule has 0 N–H and O–H groups in total. The van der Waals surface area contributed by atoms with Crippen molar-refractivity contribution in [2.75, 3.05) is 6.61 Å². The molecular formula is C15H18N2O2. The van der Waals surface area contributed by atoms with Crippen LogP contribution in [-0.2, 0) is 11.2 Å². The van der Waals surface area contributed by atoms with Crippen LogP contribution in [0.4, 0.5) is 4.79 Å². The van der Waals surface area contributed by atoms with Gasteiger partial charge in [0.25, 0.3) is 0 Å². The van der Waals surface area contributed by atoms with Crippen molar-refractivity contribution in [2.24, 2.45) is 0 Å². The number of imidazole rings is 1. The second-order valence-electron chi connectivity index (χ2n) is 4.66. The summed E-state index contributed by atoms with van der Waals surface area (Å²) in [5.74, 6) is 0.918. The Kier molecular flexibility index (Phi) is 4.34. The van der Waals surface area contributed by atoms with Gasteiger partial charge in [-0.2, -0.15) is 0 Å². The third-order valence-corrected chi connectivity index (χ3v) is 2.84. The summed E-state index contributed by atoms with van der Waals surface area (Å²) in [6.45, 7) is 4.37. The Labute approximate surface area is 113 Å². The van der Waals surface area contributed by atoms with Crippen LogP contribution in [0.25, 0.3) is 0 Å². The molecule has 1 aromatic heterocycles. The first-order chi connectivity index (χ1) is 9.18. The first-order valence-corrected chi connectivity index (χ1v) is 6.43. The zero-order valence-corrected chi connectivity index (χ0v) is 11.2. The van der Waals surface area contributed by atoms with E-state index >= 15 is 0 Å². The summed E-state index contributed by atoms with van der Waals surface area (Å²) in [6, 6.07) is 9.96. The largest absolute Gasteiger partial charge is 0.449 e. The summed E-state index contributed by atoms with van der Waals surface area (Å²) in [4.78, 5) is 16.1. The van der Waals surface area contributed by atoms with E-state index in [4.69, 9.17) is 4.74 Å². The molecule has 2 rings (SSSR count). The highest BCUT2D eigenvalue weighted by atomic mass is 16.5. The molecule has 0 saturated carbocycles. The molecule has 0 aliphatic rings. The highest BCUT2D eigenvalue weighted by molar-refractivity contribution is 5.71. The standard InChI is InChI=1S/C15H18N2O2/c1-12(2)14-16-9-10-17(14)15(18)19-11-8-13-6-4-3-5-7-13/h3-7,9-10,12H,8,11H2,1-2H3. The molecule has 4 nitrogen and oxygen atoms in total. The van der Waals surface area contributed by atoms with Crippen molar-refractivity contribution in [1.82, 2.24) is 9.55 Å². The fraction of sp³-hybridized carbons (Fsp3) is 0.333. The van der Waals surface area contributed by atoms with Crippen molar-refractivity contribution in [2.45, 2.75) is 26.2 Å². The van der Waals surface area contributed by atoms with E-state index in [2.05, 4.69) is 4.98 Å². The van der Waals surface area contributed by atoms with Gasteiger partial charge in [-0.05, 0) is 5.56 Å². The van der Waals surface area contributed by atoms with Crippen LogP contribution in [0.5, 0.6) is 0 Å². The molecule has 1 heterocycles. The van der Waals surface area contributed by atoms with Gasteiger partial charge in [0, 0.05) is 24.7 Å². The average Bonchev–Trinajstić information content (AvgIpc) is 2.89. The van der Waals surface area contributed by atoms with E-state index in [9.17, 15) is 4.79 Å². The van der Waals surface area contributed by atoms with Crippen molar-refractivity contribution in [3.63, 3.8) is 0 Å². The minimum absolute atomic E-state index is 0.191. The summed E-state index contributed by atoms with van der Waals surface area (Å²) in [5, 5.41) is 0. The van der Waals surface area contributed by atoms with Gasteiger partial charge in [0.15, 0.2) is 0 Å². The molecule has 0 aliphatic carbocycles. The van der Waals surface area contributed by atoms with Gasteiger partial charge in [-0.1, -0.05) is 44.2 Å². The predicted octanol–water partition coefficient (Wildman–Crippen LogP) is 3.23. The molecule has 2 aromatic rings. The lowest BCUT2D eigenvalue weighted by Crippen LogP contribution is -2.18. The number of benzene rings is 1. The summed E-state index contributed by atoms with van der Waals surface area (Å²) in [6.07, 6.45) is 3.61. The molecule has 0 fully saturated rings. The predicted molar refractivity (Wildman–Crippen MR) is 73.2 cm³/mol. The van der Waals surface area contributed by atoms with Crippen LogP contribution in [0.1, 0.15) is 31.2 Å². The van der Waals surface area contributed by atoms with Gasteiger partial charge < -0.3 is 4.74 Å². The van der Waals surface area contributed by atoms with Crippen LogP contribution >= 0.6 is 0 Å². The monoisotopic (exact) mass is 258 g/mol. The average molecular weight is 258 g/mol. The molecule has 1 aromatic carbocycles. The van der Waals surface area contributed by atoms with E-state index in [-0.39, 0.29) is 12.0 Å². The second kappa shape index (κ2) is 6.18. The lowest BCUT2D eigenvalue weighted by atomic mass is 10.2. The fourth-order valence-electron chi connectivity index (χ4n) is 1.87. The summed E-state index contributed by atoms with van der Waals surface area (Å²) in [5.41, 5.74) is 1.16. The lowest BCUT2D eigenvalue weighted by Gasteiger charge is -2.09. The fourth-order valence-corrected chi connectivity index (χ4v) is 1.87. The van der Waals surface area contributed by atoms with Crippen LogP contribution in [0, 0.1) is 0 Å². The van der Waals surface area contributed by atoms with Gasteiger partial charge in [0.05, 0.1) is 6.61 Å². The first kappa shape index (κ1) is 13.3. The van der Waals surface area contributed by atoms with Gasteiger partial charge in [-0.3, -0.25) is 0 Å². The molecular weight excluding hydrogens is 240 g/mol. The Bertz CT molecular complexity index is 532. The van der Waals surface area contributed by atoms with Crippen molar-refractivity contribution in [3.8, 4) is 0 Å². The van der Waals surface area contributed by atoms with Crippen LogP contribution < -0.4 is 0 Å². The molecule has 0 unspecified atom stereocenters. The Hall–Kier alpha value is -2.10. The number of ether oxygens (including phenoxy) is 1. The van der Waals surface area contributed by atoms with Gasteiger partial charge in [-0.25, -0.2) is 14.3 Å². The number of hydrogen-bond donors (Lipinski definition) is 0. The zero-order valence-electron chi connectivity index (χ0n) is 11.2. The number of nitrogens with zero attached hydrogens (tertiary/aromatic N) is 2. The number of hydrogen-bond acceptors (Lipinski definition) is 3. The molecule has 100 valence electrons. The van der Waals surface area contributed by atoms with Gasteiger partial charge in [0.2, 0.25) is 0 Å². The normalized spacial score (nSPS) is 10.7. The van der Waals surface area contributed by atoms with Crippen molar-refractivity contribution >= 4 is 6.09 Å². The lowest BCUT2D eigenvalue weighted by molar-refractivity contribution is 0.148. The van der Waals surface area contributed by atoms with E-state index in [0.29, 0.717) is 6.61 Å². The second-order valence-corrected chi connectivity index (χ2v) is 4.66. The molecule has 0 radical (unpaired) electrons. The Morgan fingerprint density at radius 3 is 2.74 bits per heavy atom. The Morgan fingerprint density at radius 2 is 2.05 bits per heavy atom. The number of carbonyl (C=O) groups excluding carboxylic acids is 1. The van der Waals surface area contributed by atoms with Crippen LogP contribution in [0.3, 0.4) is 0 Å². The summed E-state index contributed by atoms with van der Waals surface area (Å²) in [7, 11) is 0. The Balaban J connectivity index is 1.89. The van der Waals surface area contributed by atoms with Gasteiger partial charge in [0.1, 0.15) is 5.82 Å². The number of carbonyl (C=O) groups is 1. The maximum absolute atomic E-state index is 11.9. The SMILES string of the molecule is CC(C)c1nccn1C(=O)OCCc1ccccc1. The molecule has 0 amide bonds. The highest BCUT2D eigenvalue weighted by Crippen LogP contribution is 2.12. The minimum atomic E-state index is -0.364. The summed E-state index contributed by atoms with van der Waals surface area (Å²) < 4.78 is 6.73. The van der Waals surface area contributed by atoms with E-state index < -0.39 is 0 Å². The van der Waals surface area contributed by atoms with Gasteiger partial charge in [-0.15, -0.1) is 0 Å². The summed E-state index contributed by atoms with van der Waals surface area (Å²) >= 11 is 0. The van der Waals surface area contributed by atoms with E-state index in [1.54, 1.807) is 12.4 Å². The first-order valence-electron chi connectivity index (χ1n) is 6.43. The highest BCUT2D eigenvalue weighted by Gasteiger charge is 2.14. The van der Waals surface area contributed by atoms with E-state index in [1.165, 1.54) is 4.57 Å². The molecule has 0 bridgehead atoms.